The van der Waals surface area contributed by atoms with Crippen molar-refractivity contribution in [3.63, 3.8) is 0 Å². The fourth-order valence-electron chi connectivity index (χ4n) is 3.03. The van der Waals surface area contributed by atoms with Crippen LogP contribution in [0.3, 0.4) is 0 Å². The molecule has 0 aromatic heterocycles. The summed E-state index contributed by atoms with van der Waals surface area (Å²) in [7, 11) is 0. The van der Waals surface area contributed by atoms with Crippen molar-refractivity contribution in [3.8, 4) is 11.5 Å². The summed E-state index contributed by atoms with van der Waals surface area (Å²) in [6.45, 7) is 0.872. The number of anilines is 1. The second-order valence-corrected chi connectivity index (χ2v) is 6.55. The molecule has 27 heavy (non-hydrogen) atoms. The van der Waals surface area contributed by atoms with Gasteiger partial charge in [-0.25, -0.2) is 0 Å². The van der Waals surface area contributed by atoms with Gasteiger partial charge >= 0.3 is 5.97 Å². The zero-order chi connectivity index (χ0) is 19.2. The lowest BCUT2D eigenvalue weighted by Crippen LogP contribution is -2.42. The van der Waals surface area contributed by atoms with Gasteiger partial charge in [-0.3, -0.25) is 9.59 Å². The van der Waals surface area contributed by atoms with Gasteiger partial charge in [-0.15, -0.1) is 0 Å². The van der Waals surface area contributed by atoms with Gasteiger partial charge in [0.1, 0.15) is 18.0 Å². The van der Waals surface area contributed by atoms with Crippen LogP contribution in [0.2, 0.25) is 0 Å². The number of hydrogen-bond acceptors (Lipinski definition) is 5. The molecular weight excluding hydrogens is 346 g/mol. The minimum atomic E-state index is -0.995. The Hall–Kier alpha value is -3.06. The van der Waals surface area contributed by atoms with Crippen LogP contribution in [0.15, 0.2) is 54.6 Å². The first-order valence-corrected chi connectivity index (χ1v) is 8.84. The van der Waals surface area contributed by atoms with Crippen molar-refractivity contribution in [2.45, 2.75) is 12.5 Å². The average molecular weight is 369 g/mol. The van der Waals surface area contributed by atoms with E-state index in [4.69, 9.17) is 10.5 Å². The van der Waals surface area contributed by atoms with Crippen molar-refractivity contribution < 1.29 is 19.4 Å². The van der Waals surface area contributed by atoms with Gasteiger partial charge < -0.3 is 25.4 Å². The lowest BCUT2D eigenvalue weighted by Gasteiger charge is -2.25. The Morgan fingerprint density at radius 2 is 1.74 bits per heavy atom. The Labute approximate surface area is 157 Å². The molecule has 3 rings (SSSR count). The number of carboxylic acids is 1. The zero-order valence-electron chi connectivity index (χ0n) is 15.0. The highest BCUT2D eigenvalue weighted by molar-refractivity contribution is 5.84. The molecule has 2 aromatic carbocycles. The van der Waals surface area contributed by atoms with Crippen LogP contribution in [0.5, 0.6) is 11.5 Å². The van der Waals surface area contributed by atoms with E-state index in [1.54, 1.807) is 34.1 Å². The molecule has 0 aliphatic carbocycles. The third kappa shape index (κ3) is 5.21. The summed E-state index contributed by atoms with van der Waals surface area (Å²) in [4.78, 5) is 26.9. The molecule has 2 aromatic rings. The molecule has 1 amide bonds. The summed E-state index contributed by atoms with van der Waals surface area (Å²) in [5, 5.41) is 9.20. The molecule has 0 spiro atoms. The van der Waals surface area contributed by atoms with E-state index in [1.807, 2.05) is 30.3 Å². The first-order chi connectivity index (χ1) is 13.0. The minimum absolute atomic E-state index is 0.00207. The maximum Gasteiger partial charge on any atom is 0.323 e. The number of likely N-dealkylation sites (tertiary alicyclic amines) is 1. The Bertz CT molecular complexity index is 780. The van der Waals surface area contributed by atoms with Gasteiger partial charge in [0.25, 0.3) is 0 Å². The van der Waals surface area contributed by atoms with Gasteiger partial charge in [0.05, 0.1) is 6.54 Å². The third-order valence-corrected chi connectivity index (χ3v) is 4.41. The predicted octanol–water partition coefficient (Wildman–Crippen LogP) is 1.93. The Kier molecular flexibility index (Phi) is 5.93. The summed E-state index contributed by atoms with van der Waals surface area (Å²) in [5.41, 5.74) is 6.50. The van der Waals surface area contributed by atoms with Gasteiger partial charge in [0.2, 0.25) is 5.91 Å². The van der Waals surface area contributed by atoms with Crippen LogP contribution in [0.4, 0.5) is 5.69 Å². The molecule has 0 saturated carbocycles. The first kappa shape index (κ1) is 18.7. The van der Waals surface area contributed by atoms with E-state index in [1.165, 1.54) is 0 Å². The second-order valence-electron chi connectivity index (χ2n) is 6.55. The summed E-state index contributed by atoms with van der Waals surface area (Å²) >= 11 is 0. The molecule has 0 radical (unpaired) electrons. The molecule has 0 unspecified atom stereocenters. The lowest BCUT2D eigenvalue weighted by molar-refractivity contribution is -0.135. The quantitative estimate of drug-likeness (QED) is 0.774. The van der Waals surface area contributed by atoms with Crippen LogP contribution in [0.1, 0.15) is 6.42 Å². The number of carboxylic acid groups (broad SMARTS) is 1. The number of aliphatic carboxylic acids is 1. The third-order valence-electron chi connectivity index (χ3n) is 4.41. The van der Waals surface area contributed by atoms with Crippen LogP contribution < -0.4 is 15.4 Å². The molecular formula is C20H23N3O4. The van der Waals surface area contributed by atoms with E-state index in [2.05, 4.69) is 0 Å². The van der Waals surface area contributed by atoms with Crippen molar-refractivity contribution >= 4 is 17.6 Å². The Morgan fingerprint density at radius 3 is 2.33 bits per heavy atom. The monoisotopic (exact) mass is 369 g/mol. The van der Waals surface area contributed by atoms with Crippen LogP contribution in [0.25, 0.3) is 0 Å². The Balaban J connectivity index is 1.68. The predicted molar refractivity (Wildman–Crippen MR) is 102 cm³/mol. The van der Waals surface area contributed by atoms with E-state index in [9.17, 15) is 14.7 Å². The van der Waals surface area contributed by atoms with Crippen molar-refractivity contribution in [2.75, 3.05) is 31.1 Å². The van der Waals surface area contributed by atoms with Crippen LogP contribution in [0, 0.1) is 0 Å². The molecule has 142 valence electrons. The molecule has 1 heterocycles. The molecule has 1 saturated heterocycles. The van der Waals surface area contributed by atoms with Crippen LogP contribution in [-0.2, 0) is 9.59 Å². The van der Waals surface area contributed by atoms with Gasteiger partial charge in [0, 0.05) is 24.8 Å². The average Bonchev–Trinajstić information content (AvgIpc) is 3.09. The SMILES string of the molecule is N[C@H]1CCN(C(=O)CN(CC(=O)O)c2ccc(Oc3ccccc3)cc2)C1. The number of nitrogens with two attached hydrogens (primary N) is 1. The molecule has 7 nitrogen and oxygen atoms in total. The maximum absolute atomic E-state index is 12.5. The van der Waals surface area contributed by atoms with Crippen LogP contribution >= 0.6 is 0 Å². The number of amides is 1. The van der Waals surface area contributed by atoms with Gasteiger partial charge in [-0.2, -0.15) is 0 Å². The van der Waals surface area contributed by atoms with Crippen molar-refractivity contribution in [2.24, 2.45) is 5.73 Å². The summed E-state index contributed by atoms with van der Waals surface area (Å²) in [5.74, 6) is 0.240. The fourth-order valence-corrected chi connectivity index (χ4v) is 3.03. The Morgan fingerprint density at radius 1 is 1.07 bits per heavy atom. The standard InChI is InChI=1S/C20H23N3O4/c21-15-10-11-22(12-15)19(24)13-23(14-20(25)26)16-6-8-18(9-7-16)27-17-4-2-1-3-5-17/h1-9,15H,10-14,21H2,(H,25,26)/t15-/m0/s1. The molecule has 1 aliphatic rings. The first-order valence-electron chi connectivity index (χ1n) is 8.84. The number of hydrogen-bond donors (Lipinski definition) is 2. The van der Waals surface area contributed by atoms with Crippen molar-refractivity contribution in [1.29, 1.82) is 0 Å². The molecule has 1 fully saturated rings. The lowest BCUT2D eigenvalue weighted by atomic mass is 10.2. The number of rotatable bonds is 7. The zero-order valence-corrected chi connectivity index (χ0v) is 15.0. The molecule has 1 atom stereocenters. The molecule has 3 N–H and O–H groups in total. The number of benzene rings is 2. The summed E-state index contributed by atoms with van der Waals surface area (Å²) < 4.78 is 5.74. The summed E-state index contributed by atoms with van der Waals surface area (Å²) in [6.07, 6.45) is 0.774. The molecule has 7 heteroatoms. The van der Waals surface area contributed by atoms with E-state index in [-0.39, 0.29) is 25.0 Å². The second kappa shape index (κ2) is 8.55. The van der Waals surface area contributed by atoms with Gasteiger partial charge in [-0.05, 0) is 42.8 Å². The smallest absolute Gasteiger partial charge is 0.323 e. The van der Waals surface area contributed by atoms with Gasteiger partial charge in [0.15, 0.2) is 0 Å². The van der Waals surface area contributed by atoms with E-state index in [0.29, 0.717) is 30.3 Å². The number of carbonyl (C=O) groups is 2. The topological polar surface area (TPSA) is 96.1 Å². The highest BCUT2D eigenvalue weighted by atomic mass is 16.5. The normalized spacial score (nSPS) is 16.2. The van der Waals surface area contributed by atoms with E-state index >= 15 is 0 Å². The van der Waals surface area contributed by atoms with Gasteiger partial charge in [-0.1, -0.05) is 18.2 Å². The van der Waals surface area contributed by atoms with Crippen molar-refractivity contribution in [3.05, 3.63) is 54.6 Å². The number of nitrogens with zero attached hydrogens (tertiary/aromatic N) is 2. The van der Waals surface area contributed by atoms with Crippen molar-refractivity contribution in [1.82, 2.24) is 4.90 Å². The largest absolute Gasteiger partial charge is 0.480 e. The maximum atomic E-state index is 12.5. The minimum Gasteiger partial charge on any atom is -0.480 e. The fraction of sp³-hybridized carbons (Fsp3) is 0.300. The highest BCUT2D eigenvalue weighted by Crippen LogP contribution is 2.24. The molecule has 1 aliphatic heterocycles. The highest BCUT2D eigenvalue weighted by Gasteiger charge is 2.25. The van der Waals surface area contributed by atoms with E-state index in [0.717, 1.165) is 6.42 Å². The molecule has 0 bridgehead atoms. The van der Waals surface area contributed by atoms with E-state index < -0.39 is 5.97 Å². The number of ether oxygens (including phenoxy) is 1. The van der Waals surface area contributed by atoms with Crippen LogP contribution in [-0.4, -0.2) is 54.1 Å². The number of para-hydroxylation sites is 1. The summed E-state index contributed by atoms with van der Waals surface area (Å²) in [6, 6.07) is 16.4. The number of carbonyl (C=O) groups excluding carboxylic acids is 1.